The highest BCUT2D eigenvalue weighted by molar-refractivity contribution is 5.75. The van der Waals surface area contributed by atoms with E-state index in [2.05, 4.69) is 16.0 Å². The Kier molecular flexibility index (Phi) is 14.7. The molecule has 0 spiro atoms. The normalized spacial score (nSPS) is 22.8. The summed E-state index contributed by atoms with van der Waals surface area (Å²) in [6, 6.07) is -1.02. The Hall–Kier alpha value is -2.97. The van der Waals surface area contributed by atoms with Crippen molar-refractivity contribution in [1.29, 1.82) is 0 Å². The Morgan fingerprint density at radius 2 is 1.49 bits per heavy atom. The molecule has 5 unspecified atom stereocenters. The quantitative estimate of drug-likeness (QED) is 0.130. The molecule has 4 N–H and O–H groups in total. The Morgan fingerprint density at radius 3 is 2.05 bits per heavy atom. The predicted octanol–water partition coefficient (Wildman–Crippen LogP) is 0.290. The van der Waals surface area contributed by atoms with Crippen LogP contribution in [0, 0.1) is 0 Å². The molecule has 0 aromatic heterocycles. The third kappa shape index (κ3) is 14.1. The van der Waals surface area contributed by atoms with Crippen molar-refractivity contribution >= 4 is 29.8 Å². The molecular formula is C25H43N3O11. The lowest BCUT2D eigenvalue weighted by atomic mass is 9.96. The molecule has 1 saturated heterocycles. The molecule has 3 amide bonds. The number of nitrogens with one attached hydrogen (secondary N) is 3. The molecule has 5 atom stereocenters. The molecule has 14 heteroatoms. The van der Waals surface area contributed by atoms with Crippen LogP contribution in [0.5, 0.6) is 0 Å². The van der Waals surface area contributed by atoms with Gasteiger partial charge < -0.3 is 44.7 Å². The van der Waals surface area contributed by atoms with Crippen molar-refractivity contribution in [1.82, 2.24) is 16.0 Å². The van der Waals surface area contributed by atoms with E-state index in [1.807, 2.05) is 0 Å². The van der Waals surface area contributed by atoms with Gasteiger partial charge >= 0.3 is 18.0 Å². The van der Waals surface area contributed by atoms with Gasteiger partial charge in [0.25, 0.3) is 0 Å². The number of aliphatic hydroxyl groups is 1. The van der Waals surface area contributed by atoms with Crippen LogP contribution in [0.15, 0.2) is 0 Å². The van der Waals surface area contributed by atoms with Crippen molar-refractivity contribution in [2.24, 2.45) is 0 Å². The fraction of sp³-hybridized carbons (Fsp3) is 0.800. The summed E-state index contributed by atoms with van der Waals surface area (Å²) in [4.78, 5) is 58.9. The minimum absolute atomic E-state index is 0.136. The van der Waals surface area contributed by atoms with E-state index in [1.54, 1.807) is 20.8 Å². The van der Waals surface area contributed by atoms with Gasteiger partial charge in [0.1, 0.15) is 17.7 Å². The lowest BCUT2D eigenvalue weighted by Gasteiger charge is -2.44. The highest BCUT2D eigenvalue weighted by atomic mass is 16.7. The van der Waals surface area contributed by atoms with Gasteiger partial charge in [0.05, 0.1) is 6.61 Å². The van der Waals surface area contributed by atoms with E-state index < -0.39 is 66.8 Å². The predicted molar refractivity (Wildman–Crippen MR) is 136 cm³/mol. The number of rotatable bonds is 14. The molecule has 0 saturated carbocycles. The van der Waals surface area contributed by atoms with Crippen LogP contribution in [0.2, 0.25) is 0 Å². The summed E-state index contributed by atoms with van der Waals surface area (Å²) in [5.74, 6) is -1.98. The van der Waals surface area contributed by atoms with Crippen LogP contribution in [-0.4, -0.2) is 97.5 Å². The summed E-state index contributed by atoms with van der Waals surface area (Å²) in [5, 5.41) is 17.8. The van der Waals surface area contributed by atoms with Gasteiger partial charge in [-0.25, -0.2) is 4.79 Å². The van der Waals surface area contributed by atoms with Crippen molar-refractivity contribution in [2.75, 3.05) is 26.3 Å². The maximum absolute atomic E-state index is 12.1. The largest absolute Gasteiger partial charge is 0.456 e. The van der Waals surface area contributed by atoms with Gasteiger partial charge in [0.15, 0.2) is 18.5 Å². The fourth-order valence-corrected chi connectivity index (χ4v) is 3.74. The molecule has 0 bridgehead atoms. The molecule has 224 valence electrons. The van der Waals surface area contributed by atoms with E-state index >= 15 is 0 Å². The Balaban J connectivity index is 2.52. The number of alkyl carbamates (subject to hydrolysis) is 1. The number of carbonyl (C=O) groups is 5. The zero-order chi connectivity index (χ0) is 29.6. The first-order valence-corrected chi connectivity index (χ1v) is 13.0. The zero-order valence-corrected chi connectivity index (χ0v) is 23.6. The van der Waals surface area contributed by atoms with Gasteiger partial charge in [-0.15, -0.1) is 0 Å². The standard InChI is InChI=1S/C25H43N3O11/c1-15(30)28-20-22(37-17(3)32)21(36-16(2)31)18(14-29)38-23(20)35-13-8-7-10-19(33)26-11-9-12-27-24(34)39-25(4,5)6/h18,20-23,29H,7-14H2,1-6H3,(H,26,33)(H,27,34)(H,28,30). The Bertz CT molecular complexity index is 831. The van der Waals surface area contributed by atoms with Crippen molar-refractivity contribution in [2.45, 2.75) is 103 Å². The molecular weight excluding hydrogens is 518 g/mol. The molecule has 1 fully saturated rings. The van der Waals surface area contributed by atoms with Crippen LogP contribution < -0.4 is 16.0 Å². The number of unbranched alkanes of at least 4 members (excludes halogenated alkanes) is 1. The second-order valence-electron chi connectivity index (χ2n) is 10.1. The van der Waals surface area contributed by atoms with Crippen LogP contribution >= 0.6 is 0 Å². The first-order chi connectivity index (χ1) is 18.2. The summed E-state index contributed by atoms with van der Waals surface area (Å²) in [5.41, 5.74) is -0.577. The maximum Gasteiger partial charge on any atom is 0.407 e. The van der Waals surface area contributed by atoms with Crippen molar-refractivity contribution < 1.29 is 52.8 Å². The third-order valence-electron chi connectivity index (χ3n) is 5.22. The van der Waals surface area contributed by atoms with E-state index in [-0.39, 0.29) is 18.9 Å². The molecule has 1 aliphatic rings. The van der Waals surface area contributed by atoms with Gasteiger partial charge in [-0.3, -0.25) is 19.2 Å². The summed E-state index contributed by atoms with van der Waals surface area (Å²) >= 11 is 0. The molecule has 39 heavy (non-hydrogen) atoms. The molecule has 1 heterocycles. The summed E-state index contributed by atoms with van der Waals surface area (Å²) in [6.45, 7) is 9.23. The second kappa shape index (κ2) is 16.9. The second-order valence-corrected chi connectivity index (χ2v) is 10.1. The fourth-order valence-electron chi connectivity index (χ4n) is 3.74. The molecule has 0 aliphatic carbocycles. The molecule has 1 aliphatic heterocycles. The summed E-state index contributed by atoms with van der Waals surface area (Å²) < 4.78 is 27.2. The molecule has 0 aromatic carbocycles. The maximum atomic E-state index is 12.1. The van der Waals surface area contributed by atoms with E-state index in [1.165, 1.54) is 6.92 Å². The first-order valence-electron chi connectivity index (χ1n) is 13.0. The van der Waals surface area contributed by atoms with E-state index in [4.69, 9.17) is 23.7 Å². The first kappa shape index (κ1) is 34.1. The number of hydrogen-bond donors (Lipinski definition) is 4. The Morgan fingerprint density at radius 1 is 0.872 bits per heavy atom. The van der Waals surface area contributed by atoms with E-state index in [9.17, 15) is 29.1 Å². The Labute approximate surface area is 228 Å². The lowest BCUT2D eigenvalue weighted by molar-refractivity contribution is -0.276. The number of carbonyl (C=O) groups excluding carboxylic acids is 5. The van der Waals surface area contributed by atoms with Crippen LogP contribution in [0.25, 0.3) is 0 Å². The number of aliphatic hydroxyl groups excluding tert-OH is 1. The molecule has 0 aromatic rings. The van der Waals surface area contributed by atoms with Crippen molar-refractivity contribution in [3.8, 4) is 0 Å². The average molecular weight is 562 g/mol. The lowest BCUT2D eigenvalue weighted by Crippen LogP contribution is -2.66. The van der Waals surface area contributed by atoms with Gasteiger partial charge in [0, 0.05) is 46.9 Å². The van der Waals surface area contributed by atoms with E-state index in [0.29, 0.717) is 32.4 Å². The van der Waals surface area contributed by atoms with Gasteiger partial charge in [0.2, 0.25) is 11.8 Å². The van der Waals surface area contributed by atoms with Gasteiger partial charge in [-0.2, -0.15) is 0 Å². The van der Waals surface area contributed by atoms with E-state index in [0.717, 1.165) is 13.8 Å². The van der Waals surface area contributed by atoms with Crippen LogP contribution in [0.3, 0.4) is 0 Å². The molecule has 0 radical (unpaired) electrons. The van der Waals surface area contributed by atoms with Crippen LogP contribution in [0.1, 0.15) is 67.2 Å². The number of ether oxygens (including phenoxy) is 5. The average Bonchev–Trinajstić information content (AvgIpc) is 2.79. The van der Waals surface area contributed by atoms with Crippen molar-refractivity contribution in [3.63, 3.8) is 0 Å². The monoisotopic (exact) mass is 561 g/mol. The zero-order valence-electron chi connectivity index (χ0n) is 23.6. The molecule has 1 rings (SSSR count). The van der Waals surface area contributed by atoms with Crippen molar-refractivity contribution in [3.05, 3.63) is 0 Å². The van der Waals surface area contributed by atoms with Gasteiger partial charge in [-0.1, -0.05) is 0 Å². The number of esters is 2. The summed E-state index contributed by atoms with van der Waals surface area (Å²) in [6.07, 6.45) is -3.28. The van der Waals surface area contributed by atoms with Crippen LogP contribution in [-0.2, 0) is 42.9 Å². The van der Waals surface area contributed by atoms with Crippen LogP contribution in [0.4, 0.5) is 4.79 Å². The minimum Gasteiger partial charge on any atom is -0.456 e. The minimum atomic E-state index is -1.17. The number of amides is 3. The third-order valence-corrected chi connectivity index (χ3v) is 5.22. The number of hydrogen-bond acceptors (Lipinski definition) is 11. The smallest absolute Gasteiger partial charge is 0.407 e. The topological polar surface area (TPSA) is 188 Å². The SMILES string of the molecule is CC(=O)NC1C(OCCCCC(=O)NCCCNC(=O)OC(C)(C)C)OC(CO)C(OC(C)=O)C1OC(C)=O. The van der Waals surface area contributed by atoms with Gasteiger partial charge in [-0.05, 0) is 40.0 Å². The summed E-state index contributed by atoms with van der Waals surface area (Å²) in [7, 11) is 0. The highest BCUT2D eigenvalue weighted by Crippen LogP contribution is 2.27. The molecule has 14 nitrogen and oxygen atoms in total. The highest BCUT2D eigenvalue weighted by Gasteiger charge is 2.50.